The third-order valence-electron chi connectivity index (χ3n) is 6.05. The Morgan fingerprint density at radius 3 is 2.29 bits per heavy atom. The first-order valence-electron chi connectivity index (χ1n) is 11.8. The number of halogens is 1. The van der Waals surface area contributed by atoms with E-state index in [0.717, 1.165) is 28.7 Å². The molecule has 1 unspecified atom stereocenters. The van der Waals surface area contributed by atoms with Crippen molar-refractivity contribution < 1.29 is 14.0 Å². The second kappa shape index (κ2) is 12.1. The Morgan fingerprint density at radius 1 is 0.912 bits per heavy atom. The summed E-state index contributed by atoms with van der Waals surface area (Å²) in [4.78, 5) is 28.5. The molecule has 0 saturated heterocycles. The zero-order valence-corrected chi connectivity index (χ0v) is 20.2. The molecule has 0 bridgehead atoms. The number of rotatable bonds is 10. The van der Waals surface area contributed by atoms with E-state index >= 15 is 0 Å². The van der Waals surface area contributed by atoms with E-state index < -0.39 is 6.04 Å². The van der Waals surface area contributed by atoms with E-state index in [-0.39, 0.29) is 30.6 Å². The summed E-state index contributed by atoms with van der Waals surface area (Å²) in [7, 11) is 0. The molecule has 178 valence electrons. The number of hydrogen-bond donors (Lipinski definition) is 1. The van der Waals surface area contributed by atoms with Gasteiger partial charge in [-0.1, -0.05) is 73.7 Å². The lowest BCUT2D eigenvalue weighted by Gasteiger charge is -2.32. The first kappa shape index (κ1) is 25.2. The number of carbonyl (C=O) groups is 2. The van der Waals surface area contributed by atoms with Crippen LogP contribution >= 0.6 is 0 Å². The van der Waals surface area contributed by atoms with Crippen molar-refractivity contribution >= 4 is 11.8 Å². The molecular weight excluding hydrogens is 427 g/mol. The quantitative estimate of drug-likeness (QED) is 0.455. The molecule has 1 N–H and O–H groups in total. The molecule has 5 heteroatoms. The summed E-state index contributed by atoms with van der Waals surface area (Å²) in [6, 6.07) is 21.2. The van der Waals surface area contributed by atoms with Crippen LogP contribution in [-0.2, 0) is 29.0 Å². The number of hydrogen-bond acceptors (Lipinski definition) is 2. The van der Waals surface area contributed by atoms with Crippen LogP contribution in [-0.4, -0.2) is 29.3 Å². The van der Waals surface area contributed by atoms with E-state index in [4.69, 9.17) is 0 Å². The number of carbonyl (C=O) groups excluding carboxylic acids is 2. The standard InChI is InChI=1S/C29H33FN2O2/c1-4-16-31-29(34)27(18-23-10-6-5-7-11-23)32(20-25-12-8-9-13-26(25)30)28(33)19-24-15-14-21(2)22(3)17-24/h5-15,17,27H,4,16,18-20H2,1-3H3,(H,31,34). The Hall–Kier alpha value is -3.47. The molecule has 0 saturated carbocycles. The van der Waals surface area contributed by atoms with Crippen molar-refractivity contribution in [2.45, 2.75) is 52.6 Å². The zero-order valence-electron chi connectivity index (χ0n) is 20.2. The van der Waals surface area contributed by atoms with E-state index in [1.54, 1.807) is 18.2 Å². The summed E-state index contributed by atoms with van der Waals surface area (Å²) in [5.41, 5.74) is 4.46. The zero-order chi connectivity index (χ0) is 24.5. The summed E-state index contributed by atoms with van der Waals surface area (Å²) in [6.07, 6.45) is 1.28. The van der Waals surface area contributed by atoms with Gasteiger partial charge in [0, 0.05) is 25.1 Å². The molecule has 0 aliphatic rings. The molecule has 4 nitrogen and oxygen atoms in total. The highest BCUT2D eigenvalue weighted by Crippen LogP contribution is 2.19. The van der Waals surface area contributed by atoms with Crippen molar-refractivity contribution in [3.63, 3.8) is 0 Å². The van der Waals surface area contributed by atoms with Gasteiger partial charge in [-0.05, 0) is 48.6 Å². The normalized spacial score (nSPS) is 11.6. The number of nitrogens with one attached hydrogen (secondary N) is 1. The van der Waals surface area contributed by atoms with Crippen molar-refractivity contribution in [3.8, 4) is 0 Å². The van der Waals surface area contributed by atoms with E-state index in [2.05, 4.69) is 5.32 Å². The molecule has 0 radical (unpaired) electrons. The van der Waals surface area contributed by atoms with Gasteiger partial charge < -0.3 is 10.2 Å². The highest BCUT2D eigenvalue weighted by molar-refractivity contribution is 5.88. The van der Waals surface area contributed by atoms with Gasteiger partial charge in [0.05, 0.1) is 6.42 Å². The first-order chi connectivity index (χ1) is 16.4. The number of aryl methyl sites for hydroxylation is 2. The summed E-state index contributed by atoms with van der Waals surface area (Å²) in [5, 5.41) is 2.94. The van der Waals surface area contributed by atoms with Gasteiger partial charge in [-0.3, -0.25) is 9.59 Å². The molecule has 3 aromatic rings. The van der Waals surface area contributed by atoms with Gasteiger partial charge in [0.15, 0.2) is 0 Å². The average Bonchev–Trinajstić information content (AvgIpc) is 2.83. The van der Waals surface area contributed by atoms with E-state index in [1.165, 1.54) is 11.0 Å². The van der Waals surface area contributed by atoms with Crippen molar-refractivity contribution in [1.29, 1.82) is 0 Å². The van der Waals surface area contributed by atoms with Crippen molar-refractivity contribution in [2.75, 3.05) is 6.54 Å². The van der Waals surface area contributed by atoms with Crippen molar-refractivity contribution in [3.05, 3.63) is 106 Å². The van der Waals surface area contributed by atoms with Crippen LogP contribution in [0.15, 0.2) is 72.8 Å². The fourth-order valence-corrected chi connectivity index (χ4v) is 3.92. The van der Waals surface area contributed by atoms with Crippen LogP contribution in [0, 0.1) is 19.7 Å². The molecule has 0 spiro atoms. The van der Waals surface area contributed by atoms with Gasteiger partial charge in [-0.15, -0.1) is 0 Å². The monoisotopic (exact) mass is 460 g/mol. The highest BCUT2D eigenvalue weighted by Gasteiger charge is 2.30. The molecule has 0 aliphatic heterocycles. The predicted molar refractivity (Wildman–Crippen MR) is 134 cm³/mol. The molecule has 2 amide bonds. The summed E-state index contributed by atoms with van der Waals surface area (Å²) < 4.78 is 14.6. The first-order valence-corrected chi connectivity index (χ1v) is 11.8. The minimum atomic E-state index is -0.757. The Morgan fingerprint density at radius 2 is 1.62 bits per heavy atom. The molecule has 0 aliphatic carbocycles. The largest absolute Gasteiger partial charge is 0.354 e. The molecule has 3 rings (SSSR count). The van der Waals surface area contributed by atoms with Crippen LogP contribution in [0.25, 0.3) is 0 Å². The van der Waals surface area contributed by atoms with Gasteiger partial charge >= 0.3 is 0 Å². The average molecular weight is 461 g/mol. The van der Waals surface area contributed by atoms with Gasteiger partial charge in [-0.2, -0.15) is 0 Å². The summed E-state index contributed by atoms with van der Waals surface area (Å²) >= 11 is 0. The predicted octanol–water partition coefficient (Wildman–Crippen LogP) is 5.15. The van der Waals surface area contributed by atoms with Crippen molar-refractivity contribution in [1.82, 2.24) is 10.2 Å². The van der Waals surface area contributed by atoms with Crippen LogP contribution < -0.4 is 5.32 Å². The van der Waals surface area contributed by atoms with Crippen LogP contribution in [0.4, 0.5) is 4.39 Å². The molecule has 0 aromatic heterocycles. The fraction of sp³-hybridized carbons (Fsp3) is 0.310. The van der Waals surface area contributed by atoms with Gasteiger partial charge in [0.25, 0.3) is 0 Å². The number of amides is 2. The third kappa shape index (κ3) is 6.77. The molecule has 1 atom stereocenters. The third-order valence-corrected chi connectivity index (χ3v) is 6.05. The van der Waals surface area contributed by atoms with Crippen LogP contribution in [0.3, 0.4) is 0 Å². The van der Waals surface area contributed by atoms with E-state index in [0.29, 0.717) is 18.5 Å². The van der Waals surface area contributed by atoms with Gasteiger partial charge in [-0.25, -0.2) is 4.39 Å². The smallest absolute Gasteiger partial charge is 0.243 e. The maximum absolute atomic E-state index is 14.6. The lowest BCUT2D eigenvalue weighted by molar-refractivity contribution is -0.140. The minimum Gasteiger partial charge on any atom is -0.354 e. The Kier molecular flexibility index (Phi) is 8.97. The minimum absolute atomic E-state index is 0.0212. The maximum atomic E-state index is 14.6. The highest BCUT2D eigenvalue weighted by atomic mass is 19.1. The maximum Gasteiger partial charge on any atom is 0.243 e. The Balaban J connectivity index is 1.97. The fourth-order valence-electron chi connectivity index (χ4n) is 3.92. The van der Waals surface area contributed by atoms with Crippen LogP contribution in [0.1, 0.15) is 41.2 Å². The van der Waals surface area contributed by atoms with Crippen LogP contribution in [0.2, 0.25) is 0 Å². The second-order valence-corrected chi connectivity index (χ2v) is 8.70. The Bertz CT molecular complexity index is 1110. The topological polar surface area (TPSA) is 49.4 Å². The number of benzene rings is 3. The Labute approximate surface area is 201 Å². The van der Waals surface area contributed by atoms with Gasteiger partial charge in [0.1, 0.15) is 11.9 Å². The lowest BCUT2D eigenvalue weighted by Crippen LogP contribution is -2.51. The summed E-state index contributed by atoms with van der Waals surface area (Å²) in [5.74, 6) is -0.825. The van der Waals surface area contributed by atoms with Crippen molar-refractivity contribution in [2.24, 2.45) is 0 Å². The molecule has 34 heavy (non-hydrogen) atoms. The molecule has 0 fully saturated rings. The van der Waals surface area contributed by atoms with E-state index in [1.807, 2.05) is 69.3 Å². The van der Waals surface area contributed by atoms with Gasteiger partial charge in [0.2, 0.25) is 11.8 Å². The van der Waals surface area contributed by atoms with Crippen LogP contribution in [0.5, 0.6) is 0 Å². The number of nitrogens with zero attached hydrogens (tertiary/aromatic N) is 1. The lowest BCUT2D eigenvalue weighted by atomic mass is 10.00. The molecule has 3 aromatic carbocycles. The SMILES string of the molecule is CCCNC(=O)C(Cc1ccccc1)N(Cc1ccccc1F)C(=O)Cc1ccc(C)c(C)c1. The molecule has 0 heterocycles. The molecular formula is C29H33FN2O2. The van der Waals surface area contributed by atoms with E-state index in [9.17, 15) is 14.0 Å². The second-order valence-electron chi connectivity index (χ2n) is 8.70. The summed E-state index contributed by atoms with van der Waals surface area (Å²) in [6.45, 7) is 6.56.